The molecule has 1 saturated carbocycles. The van der Waals surface area contributed by atoms with Crippen LogP contribution in [0.3, 0.4) is 0 Å². The molecular weight excluding hydrogens is 446 g/mol. The second-order valence-electron chi connectivity index (χ2n) is 8.91. The Morgan fingerprint density at radius 3 is 1.15 bits per heavy atom. The van der Waals surface area contributed by atoms with Crippen molar-refractivity contribution >= 4 is 37.1 Å². The second kappa shape index (κ2) is 9.84. The minimum Gasteiger partial charge on any atom is -0.0622 e. The van der Waals surface area contributed by atoms with E-state index in [0.717, 1.165) is 0 Å². The van der Waals surface area contributed by atoms with Gasteiger partial charge in [0, 0.05) is 10.6 Å². The quantitative estimate of drug-likeness (QED) is 0.259. The van der Waals surface area contributed by atoms with Gasteiger partial charge in [-0.05, 0) is 68.3 Å². The maximum absolute atomic E-state index is 2.37. The summed E-state index contributed by atoms with van der Waals surface area (Å²) in [6, 6.07) is 45.1. The van der Waals surface area contributed by atoms with Crippen LogP contribution in [0.15, 0.2) is 132 Å². The molecule has 2 aliphatic rings. The fraction of sp³-hybridized carbons (Fsp3) is 0.125. The summed E-state index contributed by atoms with van der Waals surface area (Å²) in [5, 5.41) is 7.87. The molecule has 2 heteroatoms. The molecule has 0 aromatic heterocycles. The zero-order valence-corrected chi connectivity index (χ0v) is 21.1. The smallest absolute Gasteiger partial charge is 0.00116 e. The van der Waals surface area contributed by atoms with Crippen molar-refractivity contribution < 1.29 is 0 Å². The first kappa shape index (κ1) is 21.7. The van der Waals surface area contributed by atoms with Crippen molar-refractivity contribution in [1.82, 2.24) is 0 Å². The lowest BCUT2D eigenvalue weighted by Crippen LogP contribution is -2.04. The van der Waals surface area contributed by atoms with Gasteiger partial charge in [0.1, 0.15) is 0 Å². The van der Waals surface area contributed by atoms with Gasteiger partial charge in [0.2, 0.25) is 0 Å². The highest BCUT2D eigenvalue weighted by Gasteiger charge is 2.42. The lowest BCUT2D eigenvalue weighted by Gasteiger charge is -2.24. The van der Waals surface area contributed by atoms with Crippen LogP contribution in [0.25, 0.3) is 10.6 Å². The Morgan fingerprint density at radius 2 is 0.765 bits per heavy atom. The first-order valence-corrected chi connectivity index (χ1v) is 14.9. The Bertz CT molecular complexity index is 1220. The summed E-state index contributed by atoms with van der Waals surface area (Å²) in [5.41, 5.74) is 4.51. The molecule has 34 heavy (non-hydrogen) atoms. The number of hydrogen-bond acceptors (Lipinski definition) is 0. The van der Waals surface area contributed by atoms with E-state index in [2.05, 4.69) is 121 Å². The summed E-state index contributed by atoms with van der Waals surface area (Å²) in [6.07, 6.45) is 5.18. The minimum absolute atomic E-state index is 0.592. The van der Waals surface area contributed by atoms with Gasteiger partial charge in [-0.25, -0.2) is 0 Å². The fourth-order valence-electron chi connectivity index (χ4n) is 5.25. The molecule has 6 rings (SSSR count). The van der Waals surface area contributed by atoms with E-state index in [1.807, 2.05) is 0 Å². The molecule has 1 heterocycles. The average Bonchev–Trinajstić information content (AvgIpc) is 3.57. The summed E-state index contributed by atoms with van der Waals surface area (Å²) in [7, 11) is -1.18. The predicted molar refractivity (Wildman–Crippen MR) is 151 cm³/mol. The number of rotatable bonds is 4. The Morgan fingerprint density at radius 1 is 0.412 bits per heavy atom. The number of hydrogen-bond donors (Lipinski definition) is 0. The van der Waals surface area contributed by atoms with E-state index in [1.165, 1.54) is 47.4 Å². The molecule has 0 nitrogen and oxygen atoms in total. The summed E-state index contributed by atoms with van der Waals surface area (Å²) >= 11 is 0. The highest BCUT2D eigenvalue weighted by atomic mass is 31.2. The highest BCUT2D eigenvalue weighted by Crippen LogP contribution is 2.82. The molecule has 1 fully saturated rings. The summed E-state index contributed by atoms with van der Waals surface area (Å²) in [4.78, 5) is 0. The van der Waals surface area contributed by atoms with Crippen LogP contribution in [0, 0.1) is 0 Å². The first-order chi connectivity index (χ1) is 16.9. The minimum atomic E-state index is -0.592. The predicted octanol–water partition coefficient (Wildman–Crippen LogP) is 8.93. The lowest BCUT2D eigenvalue weighted by atomic mass is 10.1. The topological polar surface area (TPSA) is 0 Å². The third kappa shape index (κ3) is 4.01. The molecule has 4 aromatic rings. The van der Waals surface area contributed by atoms with Crippen LogP contribution < -0.4 is 10.6 Å². The van der Waals surface area contributed by atoms with Gasteiger partial charge in [-0.3, -0.25) is 0 Å². The third-order valence-corrected chi connectivity index (χ3v) is 13.1. The Hall–Kier alpha value is -2.78. The lowest BCUT2D eigenvalue weighted by molar-refractivity contribution is 0.886. The van der Waals surface area contributed by atoms with E-state index in [0.29, 0.717) is 0 Å². The Balaban J connectivity index is 1.72. The highest BCUT2D eigenvalue weighted by molar-refractivity contribution is 8.02. The van der Waals surface area contributed by atoms with Gasteiger partial charge in [0.25, 0.3) is 0 Å². The fourth-order valence-corrected chi connectivity index (χ4v) is 12.9. The van der Waals surface area contributed by atoms with Crippen LogP contribution in [-0.2, 0) is 0 Å². The van der Waals surface area contributed by atoms with Crippen molar-refractivity contribution in [2.24, 2.45) is 0 Å². The number of benzene rings is 4. The molecule has 0 saturated heterocycles. The molecule has 1 aliphatic heterocycles. The zero-order chi connectivity index (χ0) is 22.7. The second-order valence-corrected chi connectivity index (χ2v) is 13.4. The van der Waals surface area contributed by atoms with E-state index < -0.39 is 15.8 Å². The third-order valence-electron chi connectivity index (χ3n) is 6.74. The SMILES string of the molecule is c1ccc(C2=C(c3ccccc3)P(c3ccccc3)C(=C3CCCC3)P2c2ccccc2)cc1. The largest absolute Gasteiger partial charge is 0.0622 e. The van der Waals surface area contributed by atoms with E-state index in [1.54, 1.807) is 21.3 Å². The van der Waals surface area contributed by atoms with E-state index in [-0.39, 0.29) is 0 Å². The molecule has 166 valence electrons. The van der Waals surface area contributed by atoms with Crippen molar-refractivity contribution in [2.45, 2.75) is 25.7 Å². The summed E-state index contributed by atoms with van der Waals surface area (Å²) in [5.74, 6) is 0. The average molecular weight is 475 g/mol. The molecule has 1 aliphatic carbocycles. The van der Waals surface area contributed by atoms with E-state index in [4.69, 9.17) is 0 Å². The molecule has 0 amide bonds. The zero-order valence-electron chi connectivity index (χ0n) is 19.3. The Labute approximate surface area is 205 Å². The van der Waals surface area contributed by atoms with Gasteiger partial charge in [-0.2, -0.15) is 0 Å². The van der Waals surface area contributed by atoms with Crippen LogP contribution in [-0.4, -0.2) is 0 Å². The molecule has 0 spiro atoms. The Kier molecular flexibility index (Phi) is 6.29. The van der Waals surface area contributed by atoms with Crippen LogP contribution >= 0.6 is 15.8 Å². The van der Waals surface area contributed by atoms with Crippen molar-refractivity contribution in [3.05, 3.63) is 143 Å². The van der Waals surface area contributed by atoms with Gasteiger partial charge >= 0.3 is 0 Å². The van der Waals surface area contributed by atoms with Gasteiger partial charge in [-0.1, -0.05) is 127 Å². The standard InChI is InChI=1S/C32H28P2/c1-5-15-25(16-6-1)30-31(26-17-7-2-8-18-26)34(29-23-11-4-12-24-29)32(27-19-13-14-20-27)33(30)28-21-9-3-10-22-28/h1-12,15-18,21-24H,13-14,19-20H2. The van der Waals surface area contributed by atoms with Crippen molar-refractivity contribution in [3.8, 4) is 0 Å². The molecule has 0 radical (unpaired) electrons. The van der Waals surface area contributed by atoms with E-state index >= 15 is 0 Å². The molecular formula is C32H28P2. The molecule has 2 unspecified atom stereocenters. The molecule has 2 atom stereocenters. The maximum atomic E-state index is 2.37. The van der Waals surface area contributed by atoms with Gasteiger partial charge < -0.3 is 0 Å². The summed E-state index contributed by atoms with van der Waals surface area (Å²) in [6.45, 7) is 0. The normalized spacial score (nSPS) is 20.2. The summed E-state index contributed by atoms with van der Waals surface area (Å²) < 4.78 is 0. The van der Waals surface area contributed by atoms with E-state index in [9.17, 15) is 0 Å². The monoisotopic (exact) mass is 474 g/mol. The molecule has 0 N–H and O–H groups in total. The van der Waals surface area contributed by atoms with Crippen LogP contribution in [0.2, 0.25) is 0 Å². The molecule has 4 aromatic carbocycles. The van der Waals surface area contributed by atoms with Crippen molar-refractivity contribution in [1.29, 1.82) is 0 Å². The van der Waals surface area contributed by atoms with Crippen LogP contribution in [0.5, 0.6) is 0 Å². The van der Waals surface area contributed by atoms with Crippen LogP contribution in [0.4, 0.5) is 0 Å². The first-order valence-electron chi connectivity index (χ1n) is 12.2. The van der Waals surface area contributed by atoms with Crippen LogP contribution in [0.1, 0.15) is 36.8 Å². The van der Waals surface area contributed by atoms with Gasteiger partial charge in [0.15, 0.2) is 0 Å². The van der Waals surface area contributed by atoms with Gasteiger partial charge in [0.05, 0.1) is 0 Å². The van der Waals surface area contributed by atoms with Crippen molar-refractivity contribution in [2.75, 3.05) is 0 Å². The molecule has 0 bridgehead atoms. The van der Waals surface area contributed by atoms with Crippen molar-refractivity contribution in [3.63, 3.8) is 0 Å². The number of allylic oxidation sites excluding steroid dienone is 1. The maximum Gasteiger partial charge on any atom is 0.00116 e. The van der Waals surface area contributed by atoms with Gasteiger partial charge in [-0.15, -0.1) is 0 Å².